The first-order valence-electron chi connectivity index (χ1n) is 16.8. The van der Waals surface area contributed by atoms with Crippen LogP contribution in [0.1, 0.15) is 60.7 Å². The van der Waals surface area contributed by atoms with E-state index in [0.717, 1.165) is 47.1 Å². The number of sulfonamides is 1. The molecule has 0 spiro atoms. The van der Waals surface area contributed by atoms with Crippen LogP contribution in [-0.2, 0) is 33.7 Å². The molecule has 270 valence electrons. The Kier molecular flexibility index (Phi) is 13.5. The van der Waals surface area contributed by atoms with Crippen molar-refractivity contribution in [3.05, 3.63) is 125 Å². The van der Waals surface area contributed by atoms with Crippen LogP contribution >= 0.6 is 0 Å². The van der Waals surface area contributed by atoms with Crippen molar-refractivity contribution in [1.29, 1.82) is 0 Å². The van der Waals surface area contributed by atoms with Gasteiger partial charge in [-0.1, -0.05) is 87.5 Å². The van der Waals surface area contributed by atoms with Gasteiger partial charge < -0.3 is 19.2 Å². The maximum absolute atomic E-state index is 13.6. The SMILES string of the molecule is CC[Si](CC)(CC)O[C@H](CNC(Cc1cccc(C(F)(F)F)c1)c1ccc(OC)cc1)c1ccc(OCc2ccccc2)c(NS(C)(=O)=O)c1. The van der Waals surface area contributed by atoms with Gasteiger partial charge in [0.2, 0.25) is 10.0 Å². The molecule has 0 aliphatic rings. The second-order valence-corrected chi connectivity index (χ2v) is 18.9. The molecule has 0 bridgehead atoms. The van der Waals surface area contributed by atoms with Crippen LogP contribution in [0.25, 0.3) is 0 Å². The molecular weight excluding hydrogens is 682 g/mol. The quantitative estimate of drug-likeness (QED) is 0.0994. The predicted molar refractivity (Wildman–Crippen MR) is 196 cm³/mol. The molecule has 4 aromatic rings. The van der Waals surface area contributed by atoms with Crippen LogP contribution in [-0.4, -0.2) is 36.6 Å². The molecule has 2 atom stereocenters. The van der Waals surface area contributed by atoms with E-state index in [0.29, 0.717) is 29.3 Å². The lowest BCUT2D eigenvalue weighted by atomic mass is 9.97. The Hall–Kier alpha value is -3.84. The van der Waals surface area contributed by atoms with Gasteiger partial charge in [0.1, 0.15) is 18.1 Å². The van der Waals surface area contributed by atoms with E-state index in [9.17, 15) is 21.6 Å². The number of nitrogens with one attached hydrogen (secondary N) is 2. The number of methoxy groups -OCH3 is 1. The fraction of sp³-hybridized carbons (Fsp3) is 0.368. The molecular formula is C38H47F3N2O5SSi. The fourth-order valence-corrected chi connectivity index (χ4v) is 9.30. The minimum atomic E-state index is -4.46. The van der Waals surface area contributed by atoms with E-state index in [-0.39, 0.29) is 19.1 Å². The number of hydrogen-bond donors (Lipinski definition) is 2. The maximum atomic E-state index is 13.6. The molecule has 0 saturated carbocycles. The van der Waals surface area contributed by atoms with Gasteiger partial charge in [0.25, 0.3) is 0 Å². The van der Waals surface area contributed by atoms with E-state index in [4.69, 9.17) is 13.9 Å². The van der Waals surface area contributed by atoms with Crippen molar-refractivity contribution in [3.8, 4) is 11.5 Å². The summed E-state index contributed by atoms with van der Waals surface area (Å²) in [5.74, 6) is 1.04. The molecule has 7 nitrogen and oxygen atoms in total. The summed E-state index contributed by atoms with van der Waals surface area (Å²) in [5, 5.41) is 3.61. The Morgan fingerprint density at radius 1 is 0.800 bits per heavy atom. The minimum absolute atomic E-state index is 0.247. The Morgan fingerprint density at radius 3 is 2.04 bits per heavy atom. The smallest absolute Gasteiger partial charge is 0.416 e. The van der Waals surface area contributed by atoms with Crippen molar-refractivity contribution in [3.63, 3.8) is 0 Å². The molecule has 0 heterocycles. The number of rotatable bonds is 18. The van der Waals surface area contributed by atoms with Crippen molar-refractivity contribution in [1.82, 2.24) is 5.32 Å². The normalized spacial score (nSPS) is 13.4. The lowest BCUT2D eigenvalue weighted by molar-refractivity contribution is -0.137. The zero-order valence-corrected chi connectivity index (χ0v) is 31.0. The van der Waals surface area contributed by atoms with Gasteiger partial charge in [0.15, 0.2) is 8.32 Å². The van der Waals surface area contributed by atoms with Crippen molar-refractivity contribution in [2.45, 2.75) is 70.3 Å². The predicted octanol–water partition coefficient (Wildman–Crippen LogP) is 9.30. The molecule has 0 aliphatic carbocycles. The average molecular weight is 729 g/mol. The lowest BCUT2D eigenvalue weighted by Crippen LogP contribution is -2.40. The van der Waals surface area contributed by atoms with E-state index in [1.165, 1.54) is 12.1 Å². The first-order valence-corrected chi connectivity index (χ1v) is 21.2. The number of halogens is 3. The molecule has 0 radical (unpaired) electrons. The van der Waals surface area contributed by atoms with E-state index >= 15 is 0 Å². The van der Waals surface area contributed by atoms with Gasteiger partial charge in [0.05, 0.1) is 30.7 Å². The summed E-state index contributed by atoms with van der Waals surface area (Å²) in [7, 11) is -4.30. The highest BCUT2D eigenvalue weighted by atomic mass is 32.2. The van der Waals surface area contributed by atoms with Crippen molar-refractivity contribution < 1.29 is 35.5 Å². The van der Waals surface area contributed by atoms with E-state index < -0.39 is 36.2 Å². The number of benzene rings is 4. The highest BCUT2D eigenvalue weighted by molar-refractivity contribution is 7.92. The molecule has 1 unspecified atom stereocenters. The summed E-state index contributed by atoms with van der Waals surface area (Å²) >= 11 is 0. The third kappa shape index (κ3) is 11.1. The van der Waals surface area contributed by atoms with Gasteiger partial charge in [-0.3, -0.25) is 4.72 Å². The third-order valence-corrected chi connectivity index (χ3v) is 14.2. The largest absolute Gasteiger partial charge is 0.497 e. The third-order valence-electron chi connectivity index (χ3n) is 9.00. The van der Waals surface area contributed by atoms with Crippen LogP contribution in [0.15, 0.2) is 97.1 Å². The number of anilines is 1. The van der Waals surface area contributed by atoms with Gasteiger partial charge in [-0.25, -0.2) is 8.42 Å². The van der Waals surface area contributed by atoms with Crippen molar-refractivity contribution in [2.24, 2.45) is 0 Å². The monoisotopic (exact) mass is 728 g/mol. The Bertz CT molecular complexity index is 1760. The molecule has 0 amide bonds. The fourth-order valence-electron chi connectivity index (χ4n) is 5.92. The molecule has 12 heteroatoms. The van der Waals surface area contributed by atoms with Crippen LogP contribution < -0.4 is 19.5 Å². The molecule has 0 saturated heterocycles. The number of hydrogen-bond acceptors (Lipinski definition) is 6. The summed E-state index contributed by atoms with van der Waals surface area (Å²) in [6.07, 6.45) is -3.58. The highest BCUT2D eigenvalue weighted by Gasteiger charge is 2.34. The Balaban J connectivity index is 1.71. The van der Waals surface area contributed by atoms with E-state index in [2.05, 4.69) is 30.8 Å². The molecule has 0 aromatic heterocycles. The summed E-state index contributed by atoms with van der Waals surface area (Å²) in [6, 6.07) is 30.1. The molecule has 2 N–H and O–H groups in total. The minimum Gasteiger partial charge on any atom is -0.497 e. The van der Waals surface area contributed by atoms with Crippen LogP contribution in [0.2, 0.25) is 18.1 Å². The second-order valence-electron chi connectivity index (χ2n) is 12.4. The molecule has 0 aliphatic heterocycles. The van der Waals surface area contributed by atoms with Crippen molar-refractivity contribution in [2.75, 3.05) is 24.6 Å². The van der Waals surface area contributed by atoms with Crippen LogP contribution in [0, 0.1) is 0 Å². The van der Waals surface area contributed by atoms with E-state index in [1.54, 1.807) is 25.3 Å². The maximum Gasteiger partial charge on any atom is 0.416 e. The Labute approximate surface area is 295 Å². The van der Waals surface area contributed by atoms with Gasteiger partial charge in [0, 0.05) is 12.6 Å². The summed E-state index contributed by atoms with van der Waals surface area (Å²) in [6.45, 7) is 6.96. The molecule has 50 heavy (non-hydrogen) atoms. The number of ether oxygens (including phenoxy) is 2. The zero-order chi connectivity index (χ0) is 36.4. The summed E-state index contributed by atoms with van der Waals surface area (Å²) < 4.78 is 86.9. The second kappa shape index (κ2) is 17.4. The molecule has 4 aromatic carbocycles. The summed E-state index contributed by atoms with van der Waals surface area (Å²) in [5.41, 5.74) is 2.68. The average Bonchev–Trinajstić information content (AvgIpc) is 3.10. The standard InChI is InChI=1S/C38H47F3N2O5SSi/c1-6-50(7-2,8-3)48-37(31-19-22-36(35(25-31)43-49(5,44)45)47-27-28-13-10-9-11-14-28)26-42-34(30-17-20-33(46-4)21-18-30)24-29-15-12-16-32(23-29)38(39,40)41/h9-23,25,34,37,42-43H,6-8,24,26-27H2,1-5H3/t34?,37-/m1/s1. The zero-order valence-electron chi connectivity index (χ0n) is 29.2. The molecule has 4 rings (SSSR count). The van der Waals surface area contributed by atoms with Crippen LogP contribution in [0.3, 0.4) is 0 Å². The first kappa shape index (κ1) is 39.0. The molecule has 0 fully saturated rings. The van der Waals surface area contributed by atoms with Gasteiger partial charge in [-0.05, 0) is 77.1 Å². The first-order chi connectivity index (χ1) is 23.8. The van der Waals surface area contributed by atoms with E-state index in [1.807, 2.05) is 60.7 Å². The Morgan fingerprint density at radius 2 is 1.44 bits per heavy atom. The number of alkyl halides is 3. The van der Waals surface area contributed by atoms with Crippen molar-refractivity contribution >= 4 is 24.0 Å². The highest BCUT2D eigenvalue weighted by Crippen LogP contribution is 2.36. The van der Waals surface area contributed by atoms with Crippen LogP contribution in [0.4, 0.5) is 18.9 Å². The van der Waals surface area contributed by atoms with Crippen LogP contribution in [0.5, 0.6) is 11.5 Å². The van der Waals surface area contributed by atoms with Gasteiger partial charge >= 0.3 is 6.18 Å². The lowest BCUT2D eigenvalue weighted by Gasteiger charge is -2.35. The van der Waals surface area contributed by atoms with Gasteiger partial charge in [-0.2, -0.15) is 13.2 Å². The topological polar surface area (TPSA) is 85.9 Å². The summed E-state index contributed by atoms with van der Waals surface area (Å²) in [4.78, 5) is 0. The van der Waals surface area contributed by atoms with Gasteiger partial charge in [-0.15, -0.1) is 0 Å².